The lowest BCUT2D eigenvalue weighted by molar-refractivity contribution is 0.831. The Morgan fingerprint density at radius 1 is 0.625 bits per heavy atom. The van der Waals surface area contributed by atoms with E-state index in [1.54, 1.807) is 5.57 Å². The van der Waals surface area contributed by atoms with Crippen molar-refractivity contribution in [1.29, 1.82) is 0 Å². The van der Waals surface area contributed by atoms with Crippen molar-refractivity contribution in [3.63, 3.8) is 0 Å². The molecule has 0 heteroatoms. The molecule has 0 bridgehead atoms. The van der Waals surface area contributed by atoms with Crippen LogP contribution in [0.25, 0.3) is 27.5 Å². The average Bonchev–Trinajstić information content (AvgIpc) is 2.67. The molecule has 0 saturated carbocycles. The molecule has 0 saturated heterocycles. The molecule has 3 aromatic carbocycles. The maximum atomic E-state index is 2.36. The third kappa shape index (κ3) is 2.06. The number of aryl methyl sites for hydroxylation is 1. The highest BCUT2D eigenvalue weighted by atomic mass is 14.2. The van der Waals surface area contributed by atoms with Gasteiger partial charge in [-0.3, -0.25) is 0 Å². The molecule has 0 aliphatic heterocycles. The topological polar surface area (TPSA) is 0 Å². The quantitative estimate of drug-likeness (QED) is 0.478. The first kappa shape index (κ1) is 13.8. The van der Waals surface area contributed by atoms with Gasteiger partial charge >= 0.3 is 0 Å². The first-order valence-corrected chi connectivity index (χ1v) is 8.91. The molecule has 116 valence electrons. The maximum absolute atomic E-state index is 2.36. The van der Waals surface area contributed by atoms with Crippen molar-refractivity contribution < 1.29 is 0 Å². The van der Waals surface area contributed by atoms with E-state index in [4.69, 9.17) is 0 Å². The Morgan fingerprint density at radius 3 is 2.46 bits per heavy atom. The van der Waals surface area contributed by atoms with Crippen LogP contribution < -0.4 is 0 Å². The van der Waals surface area contributed by atoms with Crippen LogP contribution in [0.2, 0.25) is 0 Å². The van der Waals surface area contributed by atoms with E-state index in [0.29, 0.717) is 0 Å². The Balaban J connectivity index is 1.77. The van der Waals surface area contributed by atoms with Crippen LogP contribution in [0.1, 0.15) is 30.4 Å². The molecule has 2 aliphatic rings. The second-order valence-corrected chi connectivity index (χ2v) is 6.82. The number of allylic oxidation sites excluding steroid dienone is 4. The van der Waals surface area contributed by atoms with E-state index in [2.05, 4.69) is 72.8 Å². The van der Waals surface area contributed by atoms with Crippen molar-refractivity contribution in [2.24, 2.45) is 0 Å². The highest BCUT2D eigenvalue weighted by Gasteiger charge is 2.21. The third-order valence-electron chi connectivity index (χ3n) is 5.50. The highest BCUT2D eigenvalue weighted by molar-refractivity contribution is 6.01. The van der Waals surface area contributed by atoms with Crippen molar-refractivity contribution in [3.05, 3.63) is 89.5 Å². The molecule has 0 heterocycles. The summed E-state index contributed by atoms with van der Waals surface area (Å²) in [6.45, 7) is 0. The fourth-order valence-corrected chi connectivity index (χ4v) is 4.34. The van der Waals surface area contributed by atoms with Gasteiger partial charge in [-0.15, -0.1) is 0 Å². The molecule has 0 fully saturated rings. The van der Waals surface area contributed by atoms with E-state index in [9.17, 15) is 0 Å². The summed E-state index contributed by atoms with van der Waals surface area (Å²) < 4.78 is 0. The minimum Gasteiger partial charge on any atom is -0.0836 e. The van der Waals surface area contributed by atoms with Gasteiger partial charge in [0.15, 0.2) is 0 Å². The molecule has 0 atom stereocenters. The predicted octanol–water partition coefficient (Wildman–Crippen LogP) is 6.56. The van der Waals surface area contributed by atoms with E-state index in [-0.39, 0.29) is 0 Å². The van der Waals surface area contributed by atoms with Crippen molar-refractivity contribution in [2.45, 2.75) is 25.7 Å². The van der Waals surface area contributed by atoms with Gasteiger partial charge in [-0.2, -0.15) is 0 Å². The Hall–Kier alpha value is -2.60. The Bertz CT molecular complexity index is 987. The highest BCUT2D eigenvalue weighted by Crippen LogP contribution is 2.41. The lowest BCUT2D eigenvalue weighted by atomic mass is 9.79. The summed E-state index contributed by atoms with van der Waals surface area (Å²) in [5.41, 5.74) is 8.80. The van der Waals surface area contributed by atoms with Crippen LogP contribution in [-0.2, 0) is 6.42 Å². The summed E-state index contributed by atoms with van der Waals surface area (Å²) >= 11 is 0. The molecular formula is C24H20. The molecule has 3 aromatic rings. The monoisotopic (exact) mass is 308 g/mol. The molecule has 0 N–H and O–H groups in total. The van der Waals surface area contributed by atoms with Gasteiger partial charge in [-0.1, -0.05) is 78.4 Å². The number of fused-ring (bicyclic) bond motifs is 4. The van der Waals surface area contributed by atoms with E-state index < -0.39 is 0 Å². The van der Waals surface area contributed by atoms with Crippen LogP contribution in [0.3, 0.4) is 0 Å². The molecule has 0 unspecified atom stereocenters. The van der Waals surface area contributed by atoms with Crippen LogP contribution in [0.5, 0.6) is 0 Å². The largest absolute Gasteiger partial charge is 0.0836 e. The first-order chi connectivity index (χ1) is 11.9. The zero-order valence-corrected chi connectivity index (χ0v) is 13.8. The molecular weight excluding hydrogens is 288 g/mol. The minimum atomic E-state index is 1.18. The number of benzene rings is 3. The van der Waals surface area contributed by atoms with Gasteiger partial charge in [0, 0.05) is 0 Å². The minimum absolute atomic E-state index is 1.18. The van der Waals surface area contributed by atoms with E-state index >= 15 is 0 Å². The van der Waals surface area contributed by atoms with Crippen LogP contribution >= 0.6 is 0 Å². The number of hydrogen-bond acceptors (Lipinski definition) is 0. The lowest BCUT2D eigenvalue weighted by Gasteiger charge is -2.26. The Labute approximate surface area is 143 Å². The van der Waals surface area contributed by atoms with Crippen LogP contribution in [-0.4, -0.2) is 0 Å². The van der Waals surface area contributed by atoms with Gasteiger partial charge in [-0.05, 0) is 64.3 Å². The normalized spacial score (nSPS) is 16.2. The van der Waals surface area contributed by atoms with Crippen LogP contribution in [0.15, 0.2) is 78.4 Å². The number of hydrogen-bond donors (Lipinski definition) is 0. The summed E-state index contributed by atoms with van der Waals surface area (Å²) in [4.78, 5) is 0. The molecule has 2 aliphatic carbocycles. The SMILES string of the molecule is C1=CC2=C(CC1)CCc1c2ccc2c(-c3ccccc3)cccc12. The van der Waals surface area contributed by atoms with Gasteiger partial charge < -0.3 is 0 Å². The molecule has 0 aromatic heterocycles. The smallest absolute Gasteiger partial charge is 0.0102 e. The van der Waals surface area contributed by atoms with Crippen LogP contribution in [0.4, 0.5) is 0 Å². The number of rotatable bonds is 1. The van der Waals surface area contributed by atoms with Crippen molar-refractivity contribution in [2.75, 3.05) is 0 Å². The van der Waals surface area contributed by atoms with Gasteiger partial charge in [0.05, 0.1) is 0 Å². The molecule has 0 radical (unpaired) electrons. The zero-order chi connectivity index (χ0) is 15.9. The first-order valence-electron chi connectivity index (χ1n) is 8.91. The molecule has 0 amide bonds. The van der Waals surface area contributed by atoms with Crippen molar-refractivity contribution in [3.8, 4) is 11.1 Å². The average molecular weight is 308 g/mol. The summed E-state index contributed by atoms with van der Waals surface area (Å²) in [6, 6.07) is 22.2. The summed E-state index contributed by atoms with van der Waals surface area (Å²) in [5, 5.41) is 2.81. The van der Waals surface area contributed by atoms with Gasteiger partial charge in [-0.25, -0.2) is 0 Å². The summed E-state index contributed by atoms with van der Waals surface area (Å²) in [7, 11) is 0. The second-order valence-electron chi connectivity index (χ2n) is 6.82. The van der Waals surface area contributed by atoms with Crippen molar-refractivity contribution in [1.82, 2.24) is 0 Å². The molecule has 0 nitrogen and oxygen atoms in total. The molecule has 5 rings (SSSR count). The van der Waals surface area contributed by atoms with Gasteiger partial charge in [0.25, 0.3) is 0 Å². The predicted molar refractivity (Wildman–Crippen MR) is 103 cm³/mol. The fraction of sp³-hybridized carbons (Fsp3) is 0.167. The lowest BCUT2D eigenvalue weighted by Crippen LogP contribution is -2.07. The molecule has 24 heavy (non-hydrogen) atoms. The Morgan fingerprint density at radius 2 is 1.54 bits per heavy atom. The van der Waals surface area contributed by atoms with E-state index in [0.717, 1.165) is 0 Å². The van der Waals surface area contributed by atoms with Gasteiger partial charge in [0.2, 0.25) is 0 Å². The summed E-state index contributed by atoms with van der Waals surface area (Å²) in [6.07, 6.45) is 9.54. The van der Waals surface area contributed by atoms with E-state index in [1.165, 1.54) is 64.3 Å². The standard InChI is InChI=1S/C24H20/c1-2-7-17(8-3-1)20-11-6-12-21-22(20)15-16-23-19-10-5-4-9-18(19)13-14-24(21)23/h1-3,5-8,10-12,15-16H,4,9,13-14H2. The zero-order valence-electron chi connectivity index (χ0n) is 13.8. The third-order valence-corrected chi connectivity index (χ3v) is 5.50. The molecule has 0 spiro atoms. The van der Waals surface area contributed by atoms with Crippen molar-refractivity contribution >= 4 is 16.3 Å². The van der Waals surface area contributed by atoms with Gasteiger partial charge in [0.1, 0.15) is 0 Å². The maximum Gasteiger partial charge on any atom is -0.0102 e. The van der Waals surface area contributed by atoms with E-state index in [1.807, 2.05) is 0 Å². The fourth-order valence-electron chi connectivity index (χ4n) is 4.34. The second kappa shape index (κ2) is 5.49. The Kier molecular flexibility index (Phi) is 3.16. The summed E-state index contributed by atoms with van der Waals surface area (Å²) in [5.74, 6) is 0. The van der Waals surface area contributed by atoms with Crippen LogP contribution in [0, 0.1) is 0 Å².